The van der Waals surface area contributed by atoms with E-state index < -0.39 is 73.1 Å². The molecule has 0 aliphatic heterocycles. The Morgan fingerprint density at radius 1 is 0.759 bits per heavy atom. The van der Waals surface area contributed by atoms with E-state index in [0.717, 1.165) is 0 Å². The number of rotatable bonds is 8. The van der Waals surface area contributed by atoms with Crippen molar-refractivity contribution in [3.05, 3.63) is 11.6 Å². The van der Waals surface area contributed by atoms with Crippen LogP contribution in [0.2, 0.25) is 0 Å². The highest BCUT2D eigenvalue weighted by molar-refractivity contribution is 5.90. The summed E-state index contributed by atoms with van der Waals surface area (Å²) in [5, 5.41) is 0. The van der Waals surface area contributed by atoms with Crippen LogP contribution in [0.1, 0.15) is 19.8 Å². The molecule has 29 heavy (non-hydrogen) atoms. The maximum atomic E-state index is 13.3. The van der Waals surface area contributed by atoms with Crippen molar-refractivity contribution in [3.8, 4) is 0 Å². The molecule has 0 aromatic rings. The maximum absolute atomic E-state index is 13.3. The van der Waals surface area contributed by atoms with Gasteiger partial charge in [0.1, 0.15) is 5.57 Å². The van der Waals surface area contributed by atoms with E-state index in [4.69, 9.17) is 0 Å². The molecular formula is C13H10F14O2. The lowest BCUT2D eigenvalue weighted by atomic mass is 9.95. The van der Waals surface area contributed by atoms with E-state index in [9.17, 15) is 66.3 Å². The van der Waals surface area contributed by atoms with E-state index in [1.165, 1.54) is 0 Å². The van der Waals surface area contributed by atoms with Crippen molar-refractivity contribution < 1.29 is 71.0 Å². The number of esters is 1. The first-order valence-corrected chi connectivity index (χ1v) is 7.08. The topological polar surface area (TPSA) is 26.3 Å². The third kappa shape index (κ3) is 6.10. The van der Waals surface area contributed by atoms with Crippen molar-refractivity contribution in [2.75, 3.05) is 6.61 Å². The van der Waals surface area contributed by atoms with Gasteiger partial charge in [-0.15, -0.1) is 0 Å². The van der Waals surface area contributed by atoms with E-state index in [2.05, 4.69) is 4.74 Å². The summed E-state index contributed by atoms with van der Waals surface area (Å²) in [6.07, 6.45) is -18.0. The molecule has 0 saturated heterocycles. The van der Waals surface area contributed by atoms with Crippen molar-refractivity contribution in [1.29, 1.82) is 0 Å². The molecule has 0 radical (unpaired) electrons. The molecule has 0 spiro atoms. The van der Waals surface area contributed by atoms with Gasteiger partial charge in [0.15, 0.2) is 0 Å². The van der Waals surface area contributed by atoms with Crippen molar-refractivity contribution in [2.45, 2.75) is 55.8 Å². The Hall–Kier alpha value is -1.77. The summed E-state index contributed by atoms with van der Waals surface area (Å²) in [6.45, 7) is -1.95. The first-order chi connectivity index (χ1) is 12.5. The molecule has 0 fully saturated rings. The van der Waals surface area contributed by atoms with E-state index >= 15 is 0 Å². The van der Waals surface area contributed by atoms with Crippen molar-refractivity contribution >= 4 is 5.97 Å². The van der Waals surface area contributed by atoms with E-state index in [1.54, 1.807) is 0 Å². The summed E-state index contributed by atoms with van der Waals surface area (Å²) in [4.78, 5) is 11.0. The average Bonchev–Trinajstić information content (AvgIpc) is 2.49. The zero-order valence-electron chi connectivity index (χ0n) is 13.8. The first kappa shape index (κ1) is 27.2. The second-order valence-corrected chi connectivity index (χ2v) is 5.39. The fourth-order valence-electron chi connectivity index (χ4n) is 1.61. The summed E-state index contributed by atoms with van der Waals surface area (Å²) >= 11 is 0. The van der Waals surface area contributed by atoms with Crippen LogP contribution in [-0.2, 0) is 9.53 Å². The summed E-state index contributed by atoms with van der Waals surface area (Å²) in [5.41, 5.74) is -3.05. The van der Waals surface area contributed by atoms with Crippen molar-refractivity contribution in [3.63, 3.8) is 0 Å². The molecule has 2 nitrogen and oxygen atoms in total. The molecule has 0 N–H and O–H groups in total. The third-order valence-corrected chi connectivity index (χ3v) is 3.24. The van der Waals surface area contributed by atoms with Crippen LogP contribution < -0.4 is 0 Å². The number of hydrogen-bond acceptors (Lipinski definition) is 2. The Labute approximate surface area is 152 Å². The van der Waals surface area contributed by atoms with E-state index in [-0.39, 0.29) is 6.92 Å². The summed E-state index contributed by atoms with van der Waals surface area (Å²) in [7, 11) is 0. The molecule has 0 amide bonds. The summed E-state index contributed by atoms with van der Waals surface area (Å²) in [5.74, 6) is -28.0. The SMILES string of the molecule is CCC(F)(F)C(F)(F)C(F)(F)C(F)(F)CCOC(=O)/C(=C\C(F)(F)F)C(F)(F)F. The number of carbonyl (C=O) groups is 1. The Kier molecular flexibility index (Phi) is 7.66. The number of ether oxygens (including phenoxy) is 1. The standard InChI is InChI=1S/C13H10F14O2/c1-2-8(14,15)12(24,25)13(26,27)9(16,17)3-4-29-7(28)6(11(21,22)23)5-10(18,19)20/h5H,2-4H2,1H3/b6-5+. The lowest BCUT2D eigenvalue weighted by Crippen LogP contribution is -2.62. The van der Waals surface area contributed by atoms with Gasteiger partial charge in [0.05, 0.1) is 13.0 Å². The van der Waals surface area contributed by atoms with Crippen LogP contribution in [0.15, 0.2) is 11.6 Å². The summed E-state index contributed by atoms with van der Waals surface area (Å²) in [6, 6.07) is 0. The van der Waals surface area contributed by atoms with Crippen molar-refractivity contribution in [1.82, 2.24) is 0 Å². The van der Waals surface area contributed by atoms with Crippen LogP contribution in [0.4, 0.5) is 61.5 Å². The monoisotopic (exact) mass is 464 g/mol. The molecule has 0 unspecified atom stereocenters. The second kappa shape index (κ2) is 8.16. The zero-order valence-corrected chi connectivity index (χ0v) is 13.8. The molecule has 172 valence electrons. The third-order valence-electron chi connectivity index (χ3n) is 3.24. The Morgan fingerprint density at radius 2 is 1.17 bits per heavy atom. The van der Waals surface area contributed by atoms with Crippen LogP contribution in [0, 0.1) is 0 Å². The Morgan fingerprint density at radius 3 is 1.52 bits per heavy atom. The molecule has 0 bridgehead atoms. The highest BCUT2D eigenvalue weighted by Crippen LogP contribution is 2.54. The molecule has 0 aliphatic rings. The molecule has 16 heteroatoms. The summed E-state index contributed by atoms with van der Waals surface area (Å²) < 4.78 is 182. The van der Waals surface area contributed by atoms with Gasteiger partial charge in [0.25, 0.3) is 0 Å². The molecule has 0 atom stereocenters. The van der Waals surface area contributed by atoms with Crippen LogP contribution in [-0.4, -0.2) is 48.6 Å². The van der Waals surface area contributed by atoms with Gasteiger partial charge in [-0.05, 0) is 0 Å². The number of alkyl halides is 14. The van der Waals surface area contributed by atoms with Gasteiger partial charge < -0.3 is 4.74 Å². The van der Waals surface area contributed by atoms with Gasteiger partial charge in [-0.3, -0.25) is 0 Å². The van der Waals surface area contributed by atoms with Crippen LogP contribution in [0.3, 0.4) is 0 Å². The minimum atomic E-state index is -6.75. The van der Waals surface area contributed by atoms with Crippen LogP contribution in [0.25, 0.3) is 0 Å². The Bertz CT molecular complexity index is 614. The number of halogens is 14. The maximum Gasteiger partial charge on any atom is 0.423 e. The molecule has 0 aromatic carbocycles. The van der Waals surface area contributed by atoms with Crippen LogP contribution in [0.5, 0.6) is 0 Å². The molecule has 0 heterocycles. The molecule has 0 rings (SSSR count). The lowest BCUT2D eigenvalue weighted by molar-refractivity contribution is -0.367. The smallest absolute Gasteiger partial charge is 0.423 e. The van der Waals surface area contributed by atoms with Gasteiger partial charge >= 0.3 is 42.0 Å². The minimum absolute atomic E-state index is 0.273. The fourth-order valence-corrected chi connectivity index (χ4v) is 1.61. The van der Waals surface area contributed by atoms with Crippen molar-refractivity contribution in [2.24, 2.45) is 0 Å². The highest BCUT2D eigenvalue weighted by Gasteiger charge is 2.79. The lowest BCUT2D eigenvalue weighted by Gasteiger charge is -2.36. The molecule has 0 aliphatic carbocycles. The largest absolute Gasteiger partial charge is 0.462 e. The van der Waals surface area contributed by atoms with E-state index in [1.807, 2.05) is 0 Å². The van der Waals surface area contributed by atoms with E-state index in [0.29, 0.717) is 0 Å². The predicted molar refractivity (Wildman–Crippen MR) is 65.8 cm³/mol. The number of allylic oxidation sites excluding steroid dienone is 1. The highest BCUT2D eigenvalue weighted by atomic mass is 19.4. The quantitative estimate of drug-likeness (QED) is 0.253. The molecule has 0 aromatic heterocycles. The number of hydrogen-bond donors (Lipinski definition) is 0. The molecular weight excluding hydrogens is 454 g/mol. The minimum Gasteiger partial charge on any atom is -0.462 e. The zero-order chi connectivity index (χ0) is 23.7. The van der Waals surface area contributed by atoms with Gasteiger partial charge in [-0.2, -0.15) is 61.5 Å². The normalized spacial score (nSPS) is 15.5. The van der Waals surface area contributed by atoms with Gasteiger partial charge in [-0.25, -0.2) is 4.79 Å². The molecule has 0 saturated carbocycles. The average molecular weight is 464 g/mol. The van der Waals surface area contributed by atoms with Gasteiger partial charge in [0, 0.05) is 12.5 Å². The van der Waals surface area contributed by atoms with Gasteiger partial charge in [-0.1, -0.05) is 6.92 Å². The first-order valence-electron chi connectivity index (χ1n) is 7.08. The van der Waals surface area contributed by atoms with Crippen LogP contribution >= 0.6 is 0 Å². The fraction of sp³-hybridized carbons (Fsp3) is 0.769. The number of carbonyl (C=O) groups excluding carboxylic acids is 1. The second-order valence-electron chi connectivity index (χ2n) is 5.39. The predicted octanol–water partition coefficient (Wildman–Crippen LogP) is 5.92. The Balaban J connectivity index is 5.46. The van der Waals surface area contributed by atoms with Gasteiger partial charge in [0.2, 0.25) is 0 Å².